The number of methoxy groups -OCH3 is 3. The van der Waals surface area contributed by atoms with Crippen LogP contribution in [0.15, 0.2) is 18.2 Å². The molecule has 2 aliphatic heterocycles. The summed E-state index contributed by atoms with van der Waals surface area (Å²) in [6, 6.07) is 5.17. The largest absolute Gasteiger partial charge is 0.493 e. The van der Waals surface area contributed by atoms with Crippen molar-refractivity contribution in [2.24, 2.45) is 0 Å². The number of carbonyl (C=O) groups excluding carboxylic acids is 3. The van der Waals surface area contributed by atoms with E-state index in [1.165, 1.54) is 12.0 Å². The minimum atomic E-state index is -0.257. The Labute approximate surface area is 176 Å². The highest BCUT2D eigenvalue weighted by Gasteiger charge is 2.40. The van der Waals surface area contributed by atoms with Gasteiger partial charge in [0.2, 0.25) is 11.8 Å². The van der Waals surface area contributed by atoms with Gasteiger partial charge in [0.25, 0.3) is 0 Å². The number of amides is 4. The average Bonchev–Trinajstić information content (AvgIpc) is 3.05. The van der Waals surface area contributed by atoms with Gasteiger partial charge in [0.05, 0.1) is 33.8 Å². The number of benzene rings is 1. The molecule has 3 rings (SSSR count). The molecular weight excluding hydrogens is 390 g/mol. The summed E-state index contributed by atoms with van der Waals surface area (Å²) >= 11 is 0. The van der Waals surface area contributed by atoms with Crippen molar-refractivity contribution in [2.45, 2.75) is 25.3 Å². The lowest BCUT2D eigenvalue weighted by atomic mass is 10.0. The Kier molecular flexibility index (Phi) is 7.15. The van der Waals surface area contributed by atoms with E-state index < -0.39 is 0 Å². The molecule has 2 fully saturated rings. The highest BCUT2D eigenvalue weighted by molar-refractivity contribution is 6.02. The summed E-state index contributed by atoms with van der Waals surface area (Å²) in [6.07, 6.45) is 1.60. The van der Waals surface area contributed by atoms with Crippen LogP contribution in [0.4, 0.5) is 4.79 Å². The van der Waals surface area contributed by atoms with Crippen LogP contribution in [0.5, 0.6) is 11.5 Å². The monoisotopic (exact) mass is 419 g/mol. The summed E-state index contributed by atoms with van der Waals surface area (Å²) in [7, 11) is 4.68. The predicted octanol–water partition coefficient (Wildman–Crippen LogP) is 1.15. The smallest absolute Gasteiger partial charge is 0.327 e. The third kappa shape index (κ3) is 4.67. The normalized spacial score (nSPS) is 17.6. The van der Waals surface area contributed by atoms with Crippen LogP contribution in [-0.4, -0.2) is 92.7 Å². The Morgan fingerprint density at radius 2 is 1.77 bits per heavy atom. The van der Waals surface area contributed by atoms with Crippen molar-refractivity contribution in [3.63, 3.8) is 0 Å². The van der Waals surface area contributed by atoms with E-state index in [2.05, 4.69) is 0 Å². The van der Waals surface area contributed by atoms with Crippen molar-refractivity contribution in [3.05, 3.63) is 23.8 Å². The van der Waals surface area contributed by atoms with Crippen LogP contribution >= 0.6 is 0 Å². The minimum absolute atomic E-state index is 0.0286. The second kappa shape index (κ2) is 9.80. The highest BCUT2D eigenvalue weighted by atomic mass is 16.5. The third-order valence-electron chi connectivity index (χ3n) is 5.66. The maximum atomic E-state index is 12.7. The lowest BCUT2D eigenvalue weighted by Gasteiger charge is -2.36. The molecule has 0 unspecified atom stereocenters. The van der Waals surface area contributed by atoms with Crippen molar-refractivity contribution < 1.29 is 28.6 Å². The van der Waals surface area contributed by atoms with Gasteiger partial charge in [-0.3, -0.25) is 14.5 Å². The van der Waals surface area contributed by atoms with E-state index in [9.17, 15) is 14.4 Å². The van der Waals surface area contributed by atoms with Gasteiger partial charge in [-0.25, -0.2) is 4.79 Å². The van der Waals surface area contributed by atoms with Crippen LogP contribution in [0.25, 0.3) is 0 Å². The molecule has 164 valence electrons. The van der Waals surface area contributed by atoms with Crippen LogP contribution in [0.1, 0.15) is 18.4 Å². The Bertz CT molecular complexity index is 791. The first-order chi connectivity index (χ1) is 14.5. The first-order valence-electron chi connectivity index (χ1n) is 10.1. The van der Waals surface area contributed by atoms with Gasteiger partial charge in [-0.15, -0.1) is 0 Å². The summed E-state index contributed by atoms with van der Waals surface area (Å²) in [5.41, 5.74) is 0.855. The molecule has 2 heterocycles. The van der Waals surface area contributed by atoms with Crippen molar-refractivity contribution in [2.75, 3.05) is 54.1 Å². The number of nitrogens with zero attached hydrogens (tertiary/aromatic N) is 3. The molecular formula is C21H29N3O6. The fourth-order valence-electron chi connectivity index (χ4n) is 3.95. The second-order valence-corrected chi connectivity index (χ2v) is 7.43. The molecule has 0 atom stereocenters. The summed E-state index contributed by atoms with van der Waals surface area (Å²) in [5.74, 6) is 1.06. The molecule has 9 heteroatoms. The van der Waals surface area contributed by atoms with Crippen molar-refractivity contribution in [1.29, 1.82) is 0 Å². The number of ether oxygens (including phenoxy) is 3. The standard InChI is InChI=1S/C21H29N3O6/c1-28-11-10-23-20(26)14-24(21(23)27)16-6-8-22(9-7-16)19(25)13-15-4-5-17(29-2)18(12-15)30-3/h4-5,12,16H,6-11,13-14H2,1-3H3. The zero-order valence-corrected chi connectivity index (χ0v) is 17.8. The van der Waals surface area contributed by atoms with E-state index in [1.54, 1.807) is 25.2 Å². The van der Waals surface area contributed by atoms with Crippen LogP contribution in [0.2, 0.25) is 0 Å². The number of rotatable bonds is 8. The molecule has 30 heavy (non-hydrogen) atoms. The fourth-order valence-corrected chi connectivity index (χ4v) is 3.95. The number of hydrogen-bond donors (Lipinski definition) is 0. The van der Waals surface area contributed by atoms with E-state index in [4.69, 9.17) is 14.2 Å². The van der Waals surface area contributed by atoms with Gasteiger partial charge in [0, 0.05) is 26.2 Å². The summed E-state index contributed by atoms with van der Waals surface area (Å²) in [5, 5.41) is 0. The summed E-state index contributed by atoms with van der Waals surface area (Å²) in [4.78, 5) is 42.1. The number of carbonyl (C=O) groups is 3. The van der Waals surface area contributed by atoms with Gasteiger partial charge in [-0.1, -0.05) is 6.07 Å². The zero-order chi connectivity index (χ0) is 21.7. The quantitative estimate of drug-likeness (QED) is 0.588. The molecule has 1 aromatic rings. The Hall–Kier alpha value is -2.81. The maximum Gasteiger partial charge on any atom is 0.327 e. The number of likely N-dealkylation sites (tertiary alicyclic amines) is 1. The molecule has 0 bridgehead atoms. The minimum Gasteiger partial charge on any atom is -0.493 e. The first-order valence-corrected chi connectivity index (χ1v) is 10.1. The summed E-state index contributed by atoms with van der Waals surface area (Å²) < 4.78 is 15.5. The Morgan fingerprint density at radius 3 is 2.40 bits per heavy atom. The van der Waals surface area contributed by atoms with Crippen molar-refractivity contribution in [1.82, 2.24) is 14.7 Å². The molecule has 2 saturated heterocycles. The molecule has 2 aliphatic rings. The topological polar surface area (TPSA) is 88.6 Å². The van der Waals surface area contributed by atoms with Crippen LogP contribution in [0, 0.1) is 0 Å². The number of imide groups is 1. The first kappa shape index (κ1) is 21.9. The average molecular weight is 419 g/mol. The number of urea groups is 1. The molecule has 9 nitrogen and oxygen atoms in total. The molecule has 0 radical (unpaired) electrons. The van der Waals surface area contributed by atoms with Gasteiger partial charge in [-0.05, 0) is 30.5 Å². The molecule has 0 saturated carbocycles. The fraction of sp³-hybridized carbons (Fsp3) is 0.571. The molecule has 4 amide bonds. The van der Waals surface area contributed by atoms with Gasteiger partial charge < -0.3 is 24.0 Å². The van der Waals surface area contributed by atoms with Crippen molar-refractivity contribution in [3.8, 4) is 11.5 Å². The van der Waals surface area contributed by atoms with E-state index in [1.807, 2.05) is 17.0 Å². The van der Waals surface area contributed by atoms with Crippen LogP contribution in [-0.2, 0) is 20.7 Å². The molecule has 1 aromatic carbocycles. The number of hydrogen-bond acceptors (Lipinski definition) is 6. The molecule has 0 N–H and O–H groups in total. The SMILES string of the molecule is COCCN1C(=O)CN(C2CCN(C(=O)Cc3ccc(OC)c(OC)c3)CC2)C1=O. The third-order valence-corrected chi connectivity index (χ3v) is 5.66. The van der Waals surface area contributed by atoms with Gasteiger partial charge in [0.15, 0.2) is 11.5 Å². The predicted molar refractivity (Wildman–Crippen MR) is 109 cm³/mol. The van der Waals surface area contributed by atoms with Crippen molar-refractivity contribution >= 4 is 17.8 Å². The molecule has 0 spiro atoms. The molecule has 0 aliphatic carbocycles. The van der Waals surface area contributed by atoms with E-state index >= 15 is 0 Å². The van der Waals surface area contributed by atoms with Gasteiger partial charge in [-0.2, -0.15) is 0 Å². The van der Waals surface area contributed by atoms with Crippen LogP contribution < -0.4 is 9.47 Å². The second-order valence-electron chi connectivity index (χ2n) is 7.43. The van der Waals surface area contributed by atoms with E-state index in [-0.39, 0.29) is 43.4 Å². The van der Waals surface area contributed by atoms with E-state index in [0.717, 1.165) is 5.56 Å². The van der Waals surface area contributed by atoms with Crippen LogP contribution in [0.3, 0.4) is 0 Å². The lowest BCUT2D eigenvalue weighted by Crippen LogP contribution is -2.48. The molecule has 0 aromatic heterocycles. The maximum absolute atomic E-state index is 12.7. The highest BCUT2D eigenvalue weighted by Crippen LogP contribution is 2.28. The van der Waals surface area contributed by atoms with Gasteiger partial charge in [0.1, 0.15) is 6.54 Å². The van der Waals surface area contributed by atoms with E-state index in [0.29, 0.717) is 44.0 Å². The number of piperidine rings is 1. The zero-order valence-electron chi connectivity index (χ0n) is 17.8. The Balaban J connectivity index is 1.53. The van der Waals surface area contributed by atoms with Gasteiger partial charge >= 0.3 is 6.03 Å². The Morgan fingerprint density at radius 1 is 1.07 bits per heavy atom. The summed E-state index contributed by atoms with van der Waals surface area (Å²) in [6.45, 7) is 1.83. The lowest BCUT2D eigenvalue weighted by molar-refractivity contribution is -0.132.